The van der Waals surface area contributed by atoms with Crippen molar-refractivity contribution in [2.45, 2.75) is 38.5 Å². The van der Waals surface area contributed by atoms with Gasteiger partial charge in [-0.05, 0) is 115 Å². The number of furan rings is 1. The van der Waals surface area contributed by atoms with E-state index < -0.39 is 0 Å². The number of para-hydroxylation sites is 1. The molecule has 9 aromatic rings. The Balaban J connectivity index is 0.994. The highest BCUT2D eigenvalue weighted by molar-refractivity contribution is 5.97. The standard InChI is InChI=1S/C54H41NO/c1-53(2)47-16-10-8-14-43(47)46-33-42(27-29-48(46)53)55(40-24-20-35(21-25-40)34-12-6-5-7-13-34)41-26-22-37-30-36(18-19-38(37)31-41)39-23-28-44-49(32-39)54(3,4)51-45-15-9-11-17-50(45)56-52(44)51/h5-33H,1-4H3. The molecule has 8 aromatic carbocycles. The van der Waals surface area contributed by atoms with E-state index in [0.29, 0.717) is 0 Å². The van der Waals surface area contributed by atoms with E-state index in [1.54, 1.807) is 0 Å². The summed E-state index contributed by atoms with van der Waals surface area (Å²) in [6.45, 7) is 9.34. The van der Waals surface area contributed by atoms with Crippen LogP contribution in [-0.4, -0.2) is 0 Å². The minimum Gasteiger partial charge on any atom is -0.456 e. The molecular formula is C54H41NO. The van der Waals surface area contributed by atoms with Gasteiger partial charge in [-0.1, -0.05) is 149 Å². The monoisotopic (exact) mass is 719 g/mol. The molecule has 0 bridgehead atoms. The number of anilines is 3. The first-order chi connectivity index (χ1) is 27.3. The van der Waals surface area contributed by atoms with Crippen LogP contribution in [0.3, 0.4) is 0 Å². The number of hydrogen-bond acceptors (Lipinski definition) is 2. The zero-order valence-electron chi connectivity index (χ0n) is 32.1. The summed E-state index contributed by atoms with van der Waals surface area (Å²) in [6, 6.07) is 64.6. The molecule has 0 aliphatic heterocycles. The quantitative estimate of drug-likeness (QED) is 0.176. The summed E-state index contributed by atoms with van der Waals surface area (Å²) in [6.07, 6.45) is 0. The average molecular weight is 720 g/mol. The van der Waals surface area contributed by atoms with Crippen molar-refractivity contribution in [3.63, 3.8) is 0 Å². The maximum Gasteiger partial charge on any atom is 0.139 e. The summed E-state index contributed by atoms with van der Waals surface area (Å²) in [5.41, 5.74) is 18.2. The van der Waals surface area contributed by atoms with Gasteiger partial charge < -0.3 is 9.32 Å². The predicted octanol–water partition coefficient (Wildman–Crippen LogP) is 15.0. The molecule has 0 spiro atoms. The number of rotatable bonds is 5. The second kappa shape index (κ2) is 11.9. The minimum atomic E-state index is -0.156. The summed E-state index contributed by atoms with van der Waals surface area (Å²) in [4.78, 5) is 2.41. The highest BCUT2D eigenvalue weighted by Gasteiger charge is 2.40. The SMILES string of the molecule is CC1(C)c2ccccc2-c2cc(N(c3ccc(-c4ccccc4)cc3)c3ccc4cc(-c5ccc6c(c5)C(C)(C)c5c-6oc6ccccc56)ccc4c3)ccc21. The number of nitrogens with zero attached hydrogens (tertiary/aromatic N) is 1. The zero-order chi connectivity index (χ0) is 37.8. The average Bonchev–Trinajstić information content (AvgIpc) is 3.81. The first kappa shape index (κ1) is 32.8. The molecule has 0 fully saturated rings. The predicted molar refractivity (Wildman–Crippen MR) is 234 cm³/mol. The Morgan fingerprint density at radius 1 is 0.393 bits per heavy atom. The molecule has 0 unspecified atom stereocenters. The first-order valence-corrected chi connectivity index (χ1v) is 19.7. The molecule has 2 aliphatic carbocycles. The van der Waals surface area contributed by atoms with Crippen LogP contribution in [0.2, 0.25) is 0 Å². The van der Waals surface area contributed by atoms with E-state index in [1.165, 1.54) is 77.4 Å². The van der Waals surface area contributed by atoms with Gasteiger partial charge in [0.2, 0.25) is 0 Å². The van der Waals surface area contributed by atoms with Crippen molar-refractivity contribution < 1.29 is 4.42 Å². The largest absolute Gasteiger partial charge is 0.456 e. The Hall–Kier alpha value is -6.64. The van der Waals surface area contributed by atoms with E-state index in [9.17, 15) is 0 Å². The van der Waals surface area contributed by atoms with Crippen LogP contribution in [0.15, 0.2) is 180 Å². The van der Waals surface area contributed by atoms with Crippen LogP contribution >= 0.6 is 0 Å². The Morgan fingerprint density at radius 2 is 1.00 bits per heavy atom. The second-order valence-electron chi connectivity index (χ2n) is 16.6. The van der Waals surface area contributed by atoms with Gasteiger partial charge in [0, 0.05) is 44.4 Å². The van der Waals surface area contributed by atoms with Crippen molar-refractivity contribution in [3.8, 4) is 44.7 Å². The Morgan fingerprint density at radius 3 is 1.86 bits per heavy atom. The van der Waals surface area contributed by atoms with Crippen molar-refractivity contribution in [1.29, 1.82) is 0 Å². The van der Waals surface area contributed by atoms with E-state index in [1.807, 2.05) is 6.07 Å². The summed E-state index contributed by atoms with van der Waals surface area (Å²) < 4.78 is 6.44. The molecule has 2 aliphatic rings. The molecule has 2 heteroatoms. The zero-order valence-corrected chi connectivity index (χ0v) is 32.1. The third-order valence-electron chi connectivity index (χ3n) is 12.6. The molecule has 268 valence electrons. The highest BCUT2D eigenvalue weighted by Crippen LogP contribution is 2.54. The first-order valence-electron chi connectivity index (χ1n) is 19.7. The van der Waals surface area contributed by atoms with Gasteiger partial charge in [-0.2, -0.15) is 0 Å². The third kappa shape index (κ3) is 4.82. The van der Waals surface area contributed by atoms with E-state index in [0.717, 1.165) is 28.4 Å². The van der Waals surface area contributed by atoms with E-state index in [2.05, 4.69) is 202 Å². The molecule has 56 heavy (non-hydrogen) atoms. The van der Waals surface area contributed by atoms with Crippen LogP contribution in [0.5, 0.6) is 0 Å². The van der Waals surface area contributed by atoms with Gasteiger partial charge in [-0.15, -0.1) is 0 Å². The van der Waals surface area contributed by atoms with Crippen LogP contribution in [0, 0.1) is 0 Å². The summed E-state index contributed by atoms with van der Waals surface area (Å²) in [5.74, 6) is 1.01. The lowest BCUT2D eigenvalue weighted by Crippen LogP contribution is -2.15. The maximum atomic E-state index is 6.44. The van der Waals surface area contributed by atoms with E-state index in [4.69, 9.17) is 4.42 Å². The Bertz CT molecular complexity index is 3020. The fourth-order valence-electron chi connectivity index (χ4n) is 9.71. The van der Waals surface area contributed by atoms with Crippen molar-refractivity contribution in [2.75, 3.05) is 4.90 Å². The minimum absolute atomic E-state index is 0.0440. The van der Waals surface area contributed by atoms with Crippen molar-refractivity contribution in [1.82, 2.24) is 0 Å². The second-order valence-corrected chi connectivity index (χ2v) is 16.6. The maximum absolute atomic E-state index is 6.44. The smallest absolute Gasteiger partial charge is 0.139 e. The topological polar surface area (TPSA) is 16.4 Å². The lowest BCUT2D eigenvalue weighted by Gasteiger charge is -2.27. The third-order valence-corrected chi connectivity index (χ3v) is 12.6. The molecule has 0 radical (unpaired) electrons. The molecule has 0 N–H and O–H groups in total. The highest BCUT2D eigenvalue weighted by atomic mass is 16.3. The summed E-state index contributed by atoms with van der Waals surface area (Å²) in [5, 5.41) is 3.63. The van der Waals surface area contributed by atoms with E-state index >= 15 is 0 Å². The van der Waals surface area contributed by atoms with Gasteiger partial charge in [0.25, 0.3) is 0 Å². The lowest BCUT2D eigenvalue weighted by atomic mass is 9.80. The molecule has 1 heterocycles. The number of hydrogen-bond donors (Lipinski definition) is 0. The van der Waals surface area contributed by atoms with Crippen molar-refractivity contribution in [3.05, 3.63) is 198 Å². The molecule has 11 rings (SSSR count). The van der Waals surface area contributed by atoms with E-state index in [-0.39, 0.29) is 10.8 Å². The van der Waals surface area contributed by atoms with Gasteiger partial charge >= 0.3 is 0 Å². The van der Waals surface area contributed by atoms with Gasteiger partial charge in [0.15, 0.2) is 0 Å². The number of benzene rings is 8. The van der Waals surface area contributed by atoms with Crippen molar-refractivity contribution >= 4 is 38.8 Å². The molecule has 0 saturated carbocycles. The van der Waals surface area contributed by atoms with Crippen LogP contribution in [0.4, 0.5) is 17.1 Å². The van der Waals surface area contributed by atoms with Gasteiger partial charge in [-0.3, -0.25) is 0 Å². The molecule has 1 aromatic heterocycles. The van der Waals surface area contributed by atoms with Crippen molar-refractivity contribution in [2.24, 2.45) is 0 Å². The lowest BCUT2D eigenvalue weighted by molar-refractivity contribution is 0.619. The fourth-order valence-corrected chi connectivity index (χ4v) is 9.71. The normalized spacial score (nSPS) is 14.4. The molecule has 0 atom stereocenters. The summed E-state index contributed by atoms with van der Waals surface area (Å²) in [7, 11) is 0. The number of fused-ring (bicyclic) bond motifs is 9. The van der Waals surface area contributed by atoms with Gasteiger partial charge in [0.05, 0.1) is 0 Å². The van der Waals surface area contributed by atoms with Gasteiger partial charge in [-0.25, -0.2) is 0 Å². The molecule has 0 saturated heterocycles. The Labute approximate surface area is 328 Å². The summed E-state index contributed by atoms with van der Waals surface area (Å²) >= 11 is 0. The molecule has 0 amide bonds. The van der Waals surface area contributed by atoms with Crippen LogP contribution in [0.1, 0.15) is 49.9 Å². The van der Waals surface area contributed by atoms with Gasteiger partial charge in [0.1, 0.15) is 11.3 Å². The van der Waals surface area contributed by atoms with Crippen LogP contribution < -0.4 is 4.90 Å². The molecular weight excluding hydrogens is 679 g/mol. The fraction of sp³-hybridized carbons (Fsp3) is 0.111. The molecule has 2 nitrogen and oxygen atoms in total. The van der Waals surface area contributed by atoms with Crippen LogP contribution in [0.25, 0.3) is 66.4 Å². The Kier molecular flexibility index (Phi) is 6.98. The van der Waals surface area contributed by atoms with Crippen LogP contribution in [-0.2, 0) is 10.8 Å².